The van der Waals surface area contributed by atoms with Crippen molar-refractivity contribution in [1.82, 2.24) is 0 Å². The maximum Gasteiger partial charge on any atom is 0.0726 e. The fourth-order valence-corrected chi connectivity index (χ4v) is 15.9. The lowest BCUT2D eigenvalue weighted by atomic mass is 9.68. The van der Waals surface area contributed by atoms with Crippen LogP contribution in [0.4, 0.5) is 17.1 Å². The smallest absolute Gasteiger partial charge is 0.0726 e. The van der Waals surface area contributed by atoms with E-state index in [1.807, 2.05) is 11.3 Å². The zero-order chi connectivity index (χ0) is 51.0. The van der Waals surface area contributed by atoms with Gasteiger partial charge in [-0.3, -0.25) is 0 Å². The van der Waals surface area contributed by atoms with Gasteiger partial charge in [-0.05, 0) is 147 Å². The normalized spacial score (nSPS) is 14.7. The van der Waals surface area contributed by atoms with Gasteiger partial charge in [0, 0.05) is 26.7 Å². The van der Waals surface area contributed by atoms with E-state index < -0.39 is 10.8 Å². The number of fused-ring (bicyclic) bond motifs is 25. The molecule has 1 nitrogen and oxygen atoms in total. The molecule has 1 aromatic heterocycles. The number of nitrogens with zero attached hydrogens (tertiary/aromatic N) is 1. The van der Waals surface area contributed by atoms with E-state index in [-0.39, 0.29) is 10.8 Å². The van der Waals surface area contributed by atoms with Gasteiger partial charge in [0.2, 0.25) is 0 Å². The van der Waals surface area contributed by atoms with Crippen LogP contribution in [0, 0.1) is 0 Å². The lowest BCUT2D eigenvalue weighted by Gasteiger charge is -2.34. The third-order valence-corrected chi connectivity index (χ3v) is 19.2. The monoisotopic (exact) mass is 989 g/mol. The molecule has 4 aliphatic rings. The van der Waals surface area contributed by atoms with E-state index in [0.29, 0.717) is 0 Å². The molecule has 12 aromatic rings. The molecule has 0 saturated carbocycles. The topological polar surface area (TPSA) is 3.24 Å². The largest absolute Gasteiger partial charge is 0.308 e. The Kier molecular flexibility index (Phi) is 8.80. The molecule has 2 spiro atoms. The molecule has 362 valence electrons. The summed E-state index contributed by atoms with van der Waals surface area (Å²) in [5, 5.41) is 5.13. The van der Waals surface area contributed by atoms with Crippen molar-refractivity contribution in [2.45, 2.75) is 63.2 Å². The Morgan fingerprint density at radius 3 is 1.38 bits per heavy atom. The summed E-state index contributed by atoms with van der Waals surface area (Å²) >= 11 is 1.92. The standard InChI is InChI=1S/C74H55NS/c1-71(2,3)45-34-37-52-53-38-35-46(72(4,5)6)42-63(53)74(62(52)41-45)59-29-16-11-24-51(59)54-39-36-47(43-64(54)74)75(66-40-44-20-7-8-21-48(44)68-56-26-13-18-33-67(56)76-70(66)68)65-32-19-31-61-69(65)55-25-12-17-30-60(55)73(61)57-27-14-9-22-49(57)50-23-10-15-28-58(50)73/h7-43H,1-6H3. The molecule has 4 aliphatic carbocycles. The van der Waals surface area contributed by atoms with E-state index in [2.05, 4.69) is 271 Å². The van der Waals surface area contributed by atoms with Crippen LogP contribution in [0.15, 0.2) is 224 Å². The first kappa shape index (κ1) is 44.0. The minimum Gasteiger partial charge on any atom is -0.308 e. The van der Waals surface area contributed by atoms with Crippen LogP contribution >= 0.6 is 11.3 Å². The van der Waals surface area contributed by atoms with Crippen LogP contribution in [0.25, 0.3) is 75.5 Å². The van der Waals surface area contributed by atoms with E-state index in [4.69, 9.17) is 0 Å². The molecule has 16 rings (SSSR count). The van der Waals surface area contributed by atoms with Gasteiger partial charge >= 0.3 is 0 Å². The summed E-state index contributed by atoms with van der Waals surface area (Å²) in [7, 11) is 0. The van der Waals surface area contributed by atoms with E-state index in [1.54, 1.807) is 0 Å². The zero-order valence-electron chi connectivity index (χ0n) is 43.7. The molecule has 0 bridgehead atoms. The molecule has 0 aliphatic heterocycles. The Balaban J connectivity index is 1.05. The average Bonchev–Trinajstić information content (AvgIpc) is 4.18. The van der Waals surface area contributed by atoms with E-state index in [9.17, 15) is 0 Å². The quantitative estimate of drug-likeness (QED) is 0.171. The molecule has 0 atom stereocenters. The first-order valence-electron chi connectivity index (χ1n) is 27.1. The van der Waals surface area contributed by atoms with E-state index >= 15 is 0 Å². The second-order valence-electron chi connectivity index (χ2n) is 23.9. The third kappa shape index (κ3) is 5.55. The summed E-state index contributed by atoms with van der Waals surface area (Å²) in [6.45, 7) is 14.1. The lowest BCUT2D eigenvalue weighted by Crippen LogP contribution is -2.27. The first-order valence-corrected chi connectivity index (χ1v) is 27.9. The Hall–Kier alpha value is -8.30. The number of hydrogen-bond acceptors (Lipinski definition) is 2. The van der Waals surface area contributed by atoms with Gasteiger partial charge in [-0.2, -0.15) is 0 Å². The summed E-state index contributed by atoms with van der Waals surface area (Å²) in [6.07, 6.45) is 0. The highest BCUT2D eigenvalue weighted by Gasteiger charge is 2.54. The molecule has 0 fully saturated rings. The van der Waals surface area contributed by atoms with Gasteiger partial charge in [0.05, 0.1) is 26.9 Å². The zero-order valence-corrected chi connectivity index (χ0v) is 44.5. The molecule has 0 radical (unpaired) electrons. The highest BCUT2D eigenvalue weighted by molar-refractivity contribution is 7.26. The maximum atomic E-state index is 2.68. The fourth-order valence-electron chi connectivity index (χ4n) is 14.7. The average molecular weight is 990 g/mol. The number of anilines is 3. The molecular formula is C74H55NS. The Morgan fingerprint density at radius 2 is 0.789 bits per heavy atom. The first-order chi connectivity index (χ1) is 37.0. The SMILES string of the molecule is CC(C)(C)c1ccc2c(c1)C1(c3ccccc3-c3ccc(N(c4cccc5c4-c4ccccc4C54c5ccccc5-c5ccccc54)c4cc5ccccc5c5c4sc4ccccc45)cc31)c1cc(C(C)(C)C)ccc1-2. The van der Waals surface area contributed by atoms with Crippen LogP contribution in [0.5, 0.6) is 0 Å². The molecule has 0 N–H and O–H groups in total. The van der Waals surface area contributed by atoms with Crippen LogP contribution in [-0.4, -0.2) is 0 Å². The Bertz CT molecular complexity index is 4400. The van der Waals surface area contributed by atoms with Gasteiger partial charge in [-0.1, -0.05) is 236 Å². The maximum absolute atomic E-state index is 2.68. The summed E-state index contributed by atoms with van der Waals surface area (Å²) in [5.41, 5.74) is 26.4. The van der Waals surface area contributed by atoms with Gasteiger partial charge in [-0.25, -0.2) is 0 Å². The molecular weight excluding hydrogens is 935 g/mol. The minimum absolute atomic E-state index is 0.0471. The molecule has 0 saturated heterocycles. The molecule has 0 amide bonds. The van der Waals surface area contributed by atoms with Crippen molar-refractivity contribution in [1.29, 1.82) is 0 Å². The van der Waals surface area contributed by atoms with Crippen LogP contribution in [0.1, 0.15) is 97.2 Å². The number of thiophene rings is 1. The van der Waals surface area contributed by atoms with Crippen molar-refractivity contribution in [3.05, 3.63) is 280 Å². The molecule has 1 heterocycles. The summed E-state index contributed by atoms with van der Waals surface area (Å²) in [5.74, 6) is 0. The van der Waals surface area contributed by atoms with Crippen molar-refractivity contribution in [2.75, 3.05) is 4.90 Å². The highest BCUT2D eigenvalue weighted by Crippen LogP contribution is 2.67. The predicted octanol–water partition coefficient (Wildman–Crippen LogP) is 20.0. The van der Waals surface area contributed by atoms with Gasteiger partial charge in [0.25, 0.3) is 0 Å². The van der Waals surface area contributed by atoms with Crippen molar-refractivity contribution in [3.8, 4) is 44.5 Å². The number of hydrogen-bond donors (Lipinski definition) is 0. The van der Waals surface area contributed by atoms with Crippen molar-refractivity contribution >= 4 is 59.3 Å². The van der Waals surface area contributed by atoms with Crippen LogP contribution in [0.2, 0.25) is 0 Å². The second-order valence-corrected chi connectivity index (χ2v) is 24.9. The Morgan fingerprint density at radius 1 is 0.342 bits per heavy atom. The Labute approximate surface area is 449 Å². The molecule has 0 unspecified atom stereocenters. The lowest BCUT2D eigenvalue weighted by molar-refractivity contribution is 0.586. The highest BCUT2D eigenvalue weighted by atomic mass is 32.1. The van der Waals surface area contributed by atoms with Gasteiger partial charge in [0.15, 0.2) is 0 Å². The van der Waals surface area contributed by atoms with Crippen molar-refractivity contribution in [3.63, 3.8) is 0 Å². The predicted molar refractivity (Wildman–Crippen MR) is 322 cm³/mol. The summed E-state index contributed by atoms with van der Waals surface area (Å²) < 4.78 is 2.58. The fraction of sp³-hybridized carbons (Fsp3) is 0.135. The van der Waals surface area contributed by atoms with Gasteiger partial charge in [-0.15, -0.1) is 11.3 Å². The summed E-state index contributed by atoms with van der Waals surface area (Å²) in [4.78, 5) is 2.68. The molecule has 11 aromatic carbocycles. The number of rotatable bonds is 3. The van der Waals surface area contributed by atoms with E-state index in [1.165, 1.54) is 142 Å². The molecule has 76 heavy (non-hydrogen) atoms. The third-order valence-electron chi connectivity index (χ3n) is 18.0. The van der Waals surface area contributed by atoms with Crippen LogP contribution in [-0.2, 0) is 21.7 Å². The van der Waals surface area contributed by atoms with Crippen molar-refractivity contribution in [2.24, 2.45) is 0 Å². The minimum atomic E-state index is -0.566. The number of benzene rings is 11. The van der Waals surface area contributed by atoms with Gasteiger partial charge in [0.1, 0.15) is 0 Å². The van der Waals surface area contributed by atoms with Crippen LogP contribution in [0.3, 0.4) is 0 Å². The van der Waals surface area contributed by atoms with Gasteiger partial charge < -0.3 is 4.90 Å². The second kappa shape index (κ2) is 15.2. The summed E-state index contributed by atoms with van der Waals surface area (Å²) in [6, 6.07) is 87.0. The van der Waals surface area contributed by atoms with Crippen molar-refractivity contribution < 1.29 is 0 Å². The van der Waals surface area contributed by atoms with E-state index in [0.717, 1.165) is 5.69 Å². The molecule has 2 heteroatoms. The van der Waals surface area contributed by atoms with Crippen LogP contribution < -0.4 is 4.90 Å².